The summed E-state index contributed by atoms with van der Waals surface area (Å²) in [5.41, 5.74) is 2.85. The third-order valence-electron chi connectivity index (χ3n) is 6.57. The van der Waals surface area contributed by atoms with E-state index in [9.17, 15) is 9.59 Å². The van der Waals surface area contributed by atoms with Crippen molar-refractivity contribution in [2.24, 2.45) is 11.8 Å². The third kappa shape index (κ3) is 4.65. The molecule has 35 heavy (non-hydrogen) atoms. The molecule has 0 radical (unpaired) electrons. The fraction of sp³-hybridized carbons (Fsp3) is 0.333. The molecule has 180 valence electrons. The Balaban J connectivity index is 1.60. The molecule has 8 heteroatoms. The third-order valence-corrected chi connectivity index (χ3v) is 7.94. The second-order valence-corrected chi connectivity index (χ2v) is 11.3. The first-order valence-corrected chi connectivity index (χ1v) is 13.1. The normalized spacial score (nSPS) is 22.0. The van der Waals surface area contributed by atoms with E-state index in [-0.39, 0.29) is 11.5 Å². The van der Waals surface area contributed by atoms with Crippen molar-refractivity contribution in [3.63, 3.8) is 0 Å². The molecule has 2 fully saturated rings. The lowest BCUT2D eigenvalue weighted by Crippen LogP contribution is -2.40. The van der Waals surface area contributed by atoms with Crippen molar-refractivity contribution in [2.75, 3.05) is 18.0 Å². The van der Waals surface area contributed by atoms with Crippen molar-refractivity contribution in [2.45, 2.75) is 33.7 Å². The summed E-state index contributed by atoms with van der Waals surface area (Å²) in [6.45, 7) is 8.49. The zero-order valence-electron chi connectivity index (χ0n) is 20.1. The molecule has 1 amide bonds. The van der Waals surface area contributed by atoms with Gasteiger partial charge in [-0.3, -0.25) is 18.9 Å². The average molecular weight is 505 g/mol. The van der Waals surface area contributed by atoms with Gasteiger partial charge in [0.05, 0.1) is 17.0 Å². The SMILES string of the molecule is Cc1cccn2c(=O)c(/C=C3/SC(=S)N(Cc4ccccc4)C3=O)c(N3C[C@H](C)C[C@H](C)C3)nc12. The highest BCUT2D eigenvalue weighted by molar-refractivity contribution is 8.26. The van der Waals surface area contributed by atoms with Crippen LogP contribution >= 0.6 is 24.0 Å². The first-order valence-electron chi connectivity index (χ1n) is 11.9. The minimum atomic E-state index is -0.177. The van der Waals surface area contributed by atoms with Crippen LogP contribution in [0.2, 0.25) is 0 Å². The van der Waals surface area contributed by atoms with E-state index in [2.05, 4.69) is 18.7 Å². The lowest BCUT2D eigenvalue weighted by Gasteiger charge is -2.36. The molecule has 2 aromatic heterocycles. The van der Waals surface area contributed by atoms with E-state index in [1.807, 2.05) is 49.4 Å². The summed E-state index contributed by atoms with van der Waals surface area (Å²) in [6, 6.07) is 13.6. The van der Waals surface area contributed by atoms with E-state index >= 15 is 0 Å². The van der Waals surface area contributed by atoms with Crippen LogP contribution in [0.3, 0.4) is 0 Å². The van der Waals surface area contributed by atoms with Gasteiger partial charge in [0.15, 0.2) is 0 Å². The standard InChI is InChI=1S/C27H28N4O2S2/c1-17-12-18(2)15-29(14-17)24-21(25(32)30-11-7-8-19(3)23(30)28-24)13-22-26(33)31(27(34)35-22)16-20-9-5-4-6-10-20/h4-11,13,17-18H,12,14-16H2,1-3H3/b22-13+/t17-,18+. The van der Waals surface area contributed by atoms with E-state index in [1.54, 1.807) is 21.6 Å². The van der Waals surface area contributed by atoms with Crippen LogP contribution < -0.4 is 10.5 Å². The predicted molar refractivity (Wildman–Crippen MR) is 147 cm³/mol. The van der Waals surface area contributed by atoms with Crippen LogP contribution in [-0.2, 0) is 11.3 Å². The number of anilines is 1. The number of rotatable bonds is 4. The minimum absolute atomic E-state index is 0.173. The zero-order chi connectivity index (χ0) is 24.7. The first-order chi connectivity index (χ1) is 16.8. The number of thioether (sulfide) groups is 1. The maximum Gasteiger partial charge on any atom is 0.267 e. The maximum absolute atomic E-state index is 13.7. The fourth-order valence-electron chi connectivity index (χ4n) is 5.04. The molecule has 0 unspecified atom stereocenters. The van der Waals surface area contributed by atoms with Crippen LogP contribution in [0.25, 0.3) is 11.7 Å². The number of benzene rings is 1. The molecular weight excluding hydrogens is 476 g/mol. The Hall–Kier alpha value is -2.97. The van der Waals surface area contributed by atoms with E-state index in [4.69, 9.17) is 17.2 Å². The number of thiocarbonyl (C=S) groups is 1. The molecular formula is C27H28N4O2S2. The number of aryl methyl sites for hydroxylation is 1. The Labute approximate surface area is 214 Å². The monoisotopic (exact) mass is 504 g/mol. The van der Waals surface area contributed by atoms with Gasteiger partial charge in [0.25, 0.3) is 11.5 Å². The summed E-state index contributed by atoms with van der Waals surface area (Å²) < 4.78 is 2.07. The number of amides is 1. The molecule has 2 aliphatic rings. The molecule has 2 aliphatic heterocycles. The summed E-state index contributed by atoms with van der Waals surface area (Å²) in [4.78, 5) is 36.3. The van der Waals surface area contributed by atoms with Crippen molar-refractivity contribution in [3.05, 3.63) is 80.6 Å². The number of hydrogen-bond donors (Lipinski definition) is 0. The predicted octanol–water partition coefficient (Wildman–Crippen LogP) is 4.89. The number of piperidine rings is 1. The molecule has 6 nitrogen and oxygen atoms in total. The summed E-state index contributed by atoms with van der Waals surface area (Å²) in [6.07, 6.45) is 4.59. The van der Waals surface area contributed by atoms with Gasteiger partial charge in [-0.05, 0) is 48.4 Å². The molecule has 0 bridgehead atoms. The van der Waals surface area contributed by atoms with Gasteiger partial charge in [0.1, 0.15) is 15.8 Å². The second kappa shape index (κ2) is 9.59. The maximum atomic E-state index is 13.7. The number of hydrogen-bond acceptors (Lipinski definition) is 6. The van der Waals surface area contributed by atoms with E-state index in [0.29, 0.717) is 44.6 Å². The highest BCUT2D eigenvalue weighted by Crippen LogP contribution is 2.35. The molecule has 2 atom stereocenters. The van der Waals surface area contributed by atoms with E-state index in [0.717, 1.165) is 30.6 Å². The van der Waals surface area contributed by atoms with Crippen molar-refractivity contribution in [3.8, 4) is 0 Å². The van der Waals surface area contributed by atoms with Crippen LogP contribution in [0.15, 0.2) is 58.4 Å². The first kappa shape index (κ1) is 23.8. The molecule has 4 heterocycles. The number of aromatic nitrogens is 2. The zero-order valence-corrected chi connectivity index (χ0v) is 21.7. The van der Waals surface area contributed by atoms with E-state index < -0.39 is 0 Å². The molecule has 5 rings (SSSR count). The van der Waals surface area contributed by atoms with Gasteiger partial charge >= 0.3 is 0 Å². The summed E-state index contributed by atoms with van der Waals surface area (Å²) in [5, 5.41) is 0. The Kier molecular flexibility index (Phi) is 6.51. The lowest BCUT2D eigenvalue weighted by atomic mass is 9.91. The molecule has 1 aromatic carbocycles. The molecule has 0 spiro atoms. The molecule has 2 saturated heterocycles. The number of pyridine rings is 1. The average Bonchev–Trinajstić information content (AvgIpc) is 3.08. The fourth-order valence-corrected chi connectivity index (χ4v) is 6.27. The van der Waals surface area contributed by atoms with Crippen LogP contribution in [0, 0.1) is 18.8 Å². The highest BCUT2D eigenvalue weighted by atomic mass is 32.2. The smallest absolute Gasteiger partial charge is 0.267 e. The van der Waals surface area contributed by atoms with Crippen LogP contribution in [0.5, 0.6) is 0 Å². The summed E-state index contributed by atoms with van der Waals surface area (Å²) >= 11 is 6.79. The van der Waals surface area contributed by atoms with Gasteiger partial charge < -0.3 is 4.90 Å². The second-order valence-electron chi connectivity index (χ2n) is 9.64. The summed E-state index contributed by atoms with van der Waals surface area (Å²) in [7, 11) is 0. The van der Waals surface area contributed by atoms with Gasteiger partial charge in [-0.2, -0.15) is 0 Å². The van der Waals surface area contributed by atoms with Gasteiger partial charge in [0, 0.05) is 19.3 Å². The topological polar surface area (TPSA) is 57.9 Å². The number of fused-ring (bicyclic) bond motifs is 1. The van der Waals surface area contributed by atoms with Crippen molar-refractivity contribution >= 4 is 51.7 Å². The molecule has 0 aliphatic carbocycles. The van der Waals surface area contributed by atoms with Gasteiger partial charge in [-0.25, -0.2) is 4.98 Å². The van der Waals surface area contributed by atoms with Crippen LogP contribution in [-0.4, -0.2) is 37.6 Å². The van der Waals surface area contributed by atoms with Crippen LogP contribution in [0.1, 0.15) is 37.0 Å². The Morgan fingerprint density at radius 1 is 1.09 bits per heavy atom. The van der Waals surface area contributed by atoms with Gasteiger partial charge in [-0.1, -0.05) is 74.2 Å². The van der Waals surface area contributed by atoms with Crippen molar-refractivity contribution in [1.82, 2.24) is 14.3 Å². The largest absolute Gasteiger partial charge is 0.355 e. The number of carbonyl (C=O) groups excluding carboxylic acids is 1. The van der Waals surface area contributed by atoms with Crippen molar-refractivity contribution < 1.29 is 4.79 Å². The van der Waals surface area contributed by atoms with Crippen LogP contribution in [0.4, 0.5) is 5.82 Å². The van der Waals surface area contributed by atoms with Gasteiger partial charge in [-0.15, -0.1) is 0 Å². The number of carbonyl (C=O) groups is 1. The molecule has 3 aromatic rings. The summed E-state index contributed by atoms with van der Waals surface area (Å²) in [5.74, 6) is 1.46. The highest BCUT2D eigenvalue weighted by Gasteiger charge is 2.33. The minimum Gasteiger partial charge on any atom is -0.355 e. The van der Waals surface area contributed by atoms with E-state index in [1.165, 1.54) is 11.8 Å². The Bertz CT molecular complexity index is 1390. The Morgan fingerprint density at radius 2 is 1.80 bits per heavy atom. The lowest BCUT2D eigenvalue weighted by molar-refractivity contribution is -0.122. The quantitative estimate of drug-likeness (QED) is 0.373. The number of nitrogens with zero attached hydrogens (tertiary/aromatic N) is 4. The Morgan fingerprint density at radius 3 is 2.51 bits per heavy atom. The molecule has 0 N–H and O–H groups in total. The van der Waals surface area contributed by atoms with Gasteiger partial charge in [0.2, 0.25) is 0 Å². The molecule has 0 saturated carbocycles. The van der Waals surface area contributed by atoms with Crippen molar-refractivity contribution in [1.29, 1.82) is 0 Å².